The number of unbranched alkanes of at least 4 members (excludes halogenated alkanes) is 43. The molecule has 0 saturated heterocycles. The molecule has 0 rings (SSSR count). The second kappa shape index (κ2) is 64.9. The molecule has 0 aliphatic heterocycles. The van der Waals surface area contributed by atoms with Crippen LogP contribution in [0.2, 0.25) is 0 Å². The van der Waals surface area contributed by atoms with Crippen molar-refractivity contribution in [3.05, 3.63) is 48.6 Å². The van der Waals surface area contributed by atoms with E-state index >= 15 is 0 Å². The van der Waals surface area contributed by atoms with Gasteiger partial charge in [0.05, 0.1) is 0 Å². The summed E-state index contributed by atoms with van der Waals surface area (Å²) in [5, 5.41) is 0. The van der Waals surface area contributed by atoms with Crippen molar-refractivity contribution < 1.29 is 28.6 Å². The highest BCUT2D eigenvalue weighted by atomic mass is 16.6. The van der Waals surface area contributed by atoms with Crippen LogP contribution in [0.5, 0.6) is 0 Å². The molecule has 1 atom stereocenters. The topological polar surface area (TPSA) is 78.9 Å². The quantitative estimate of drug-likeness (QED) is 0.0261. The van der Waals surface area contributed by atoms with Crippen molar-refractivity contribution >= 4 is 17.9 Å². The summed E-state index contributed by atoms with van der Waals surface area (Å²) in [7, 11) is 0. The molecule has 0 aromatic heterocycles. The molecule has 0 bridgehead atoms. The largest absolute Gasteiger partial charge is 0.462 e. The lowest BCUT2D eigenvalue weighted by Gasteiger charge is -2.18. The highest BCUT2D eigenvalue weighted by molar-refractivity contribution is 5.71. The number of ether oxygens (including phenoxy) is 3. The summed E-state index contributed by atoms with van der Waals surface area (Å²) in [4.78, 5) is 38.3. The SMILES string of the molecule is CC/C=C\C/C=C\C/C=C\CCCCCCCCCC(=O)OC(COC(=O)CCCCCCCCCCCCCCCC)COC(=O)CCCCCCCCCCCCCCCCC/C=C\CCCCCCCCCC. The van der Waals surface area contributed by atoms with Gasteiger partial charge in [0.15, 0.2) is 6.10 Å². The van der Waals surface area contributed by atoms with Gasteiger partial charge in [0.2, 0.25) is 0 Å². The van der Waals surface area contributed by atoms with Gasteiger partial charge < -0.3 is 14.2 Å². The molecule has 76 heavy (non-hydrogen) atoms. The van der Waals surface area contributed by atoms with E-state index in [0.29, 0.717) is 19.3 Å². The van der Waals surface area contributed by atoms with E-state index in [9.17, 15) is 14.4 Å². The molecule has 444 valence electrons. The summed E-state index contributed by atoms with van der Waals surface area (Å²) in [5.41, 5.74) is 0. The van der Waals surface area contributed by atoms with Gasteiger partial charge in [-0.3, -0.25) is 14.4 Å². The van der Waals surface area contributed by atoms with Gasteiger partial charge in [-0.1, -0.05) is 313 Å². The molecule has 0 amide bonds. The van der Waals surface area contributed by atoms with E-state index in [1.54, 1.807) is 0 Å². The fourth-order valence-electron chi connectivity index (χ4n) is 10.0. The van der Waals surface area contributed by atoms with Crippen molar-refractivity contribution in [1.82, 2.24) is 0 Å². The zero-order chi connectivity index (χ0) is 55.0. The minimum Gasteiger partial charge on any atom is -0.462 e. The Balaban J connectivity index is 4.23. The van der Waals surface area contributed by atoms with Crippen molar-refractivity contribution in [2.45, 2.75) is 367 Å². The monoisotopic (exact) mass is 1060 g/mol. The molecule has 0 heterocycles. The maximum atomic E-state index is 12.9. The number of rotatable bonds is 62. The zero-order valence-corrected chi connectivity index (χ0v) is 51.0. The third-order valence-corrected chi connectivity index (χ3v) is 15.1. The smallest absolute Gasteiger partial charge is 0.306 e. The minimum atomic E-state index is -0.776. The Morgan fingerprint density at radius 2 is 0.513 bits per heavy atom. The van der Waals surface area contributed by atoms with Gasteiger partial charge >= 0.3 is 17.9 Å². The van der Waals surface area contributed by atoms with Crippen molar-refractivity contribution in [1.29, 1.82) is 0 Å². The Labute approximate surface area is 473 Å². The molecule has 0 aliphatic rings. The zero-order valence-electron chi connectivity index (χ0n) is 51.0. The van der Waals surface area contributed by atoms with E-state index in [2.05, 4.69) is 69.4 Å². The van der Waals surface area contributed by atoms with Crippen LogP contribution in [-0.4, -0.2) is 37.2 Å². The van der Waals surface area contributed by atoms with E-state index in [4.69, 9.17) is 14.2 Å². The second-order valence-electron chi connectivity index (χ2n) is 22.7. The number of allylic oxidation sites excluding steroid dienone is 8. The average molecular weight is 1070 g/mol. The maximum absolute atomic E-state index is 12.9. The van der Waals surface area contributed by atoms with Crippen LogP contribution >= 0.6 is 0 Å². The van der Waals surface area contributed by atoms with Gasteiger partial charge in [0, 0.05) is 19.3 Å². The van der Waals surface area contributed by atoms with Gasteiger partial charge in [-0.15, -0.1) is 0 Å². The molecule has 6 nitrogen and oxygen atoms in total. The number of carbonyl (C=O) groups is 3. The van der Waals surface area contributed by atoms with E-state index < -0.39 is 6.10 Å². The lowest BCUT2D eigenvalue weighted by atomic mass is 10.0. The van der Waals surface area contributed by atoms with Crippen LogP contribution < -0.4 is 0 Å². The molecule has 6 heteroatoms. The molecule has 0 fully saturated rings. The molecule has 0 N–H and O–H groups in total. The second-order valence-corrected chi connectivity index (χ2v) is 22.7. The first-order valence-electron chi connectivity index (χ1n) is 33.6. The summed E-state index contributed by atoms with van der Waals surface area (Å²) in [6, 6.07) is 0. The summed E-state index contributed by atoms with van der Waals surface area (Å²) in [5.74, 6) is -0.859. The van der Waals surface area contributed by atoms with Crippen LogP contribution in [0.1, 0.15) is 361 Å². The first-order chi connectivity index (χ1) is 37.5. The number of hydrogen-bond acceptors (Lipinski definition) is 6. The van der Waals surface area contributed by atoms with Crippen LogP contribution in [0.3, 0.4) is 0 Å². The van der Waals surface area contributed by atoms with Gasteiger partial charge in [0.1, 0.15) is 13.2 Å². The minimum absolute atomic E-state index is 0.0727. The fraction of sp³-hybridized carbons (Fsp3) is 0.843. The van der Waals surface area contributed by atoms with Crippen molar-refractivity contribution in [2.75, 3.05) is 13.2 Å². The summed E-state index contributed by atoms with van der Waals surface area (Å²) in [6.45, 7) is 6.58. The molecule has 0 saturated carbocycles. The van der Waals surface area contributed by atoms with Crippen molar-refractivity contribution in [2.24, 2.45) is 0 Å². The van der Waals surface area contributed by atoms with E-state index in [-0.39, 0.29) is 31.1 Å². The fourth-order valence-corrected chi connectivity index (χ4v) is 10.0. The van der Waals surface area contributed by atoms with E-state index in [1.807, 2.05) is 0 Å². The Morgan fingerprint density at radius 1 is 0.276 bits per heavy atom. The normalized spacial score (nSPS) is 12.3. The van der Waals surface area contributed by atoms with Gasteiger partial charge in [-0.2, -0.15) is 0 Å². The van der Waals surface area contributed by atoms with Gasteiger partial charge in [-0.25, -0.2) is 0 Å². The molecule has 1 unspecified atom stereocenters. The van der Waals surface area contributed by atoms with Crippen molar-refractivity contribution in [3.8, 4) is 0 Å². The molecule has 0 radical (unpaired) electrons. The third-order valence-electron chi connectivity index (χ3n) is 15.1. The highest BCUT2D eigenvalue weighted by Crippen LogP contribution is 2.18. The lowest BCUT2D eigenvalue weighted by molar-refractivity contribution is -0.167. The summed E-state index contributed by atoms with van der Waals surface area (Å²) in [6.07, 6.45) is 81.3. The number of hydrogen-bond donors (Lipinski definition) is 0. The molecule has 0 aromatic carbocycles. The molecular formula is C70H128O6. The van der Waals surface area contributed by atoms with E-state index in [0.717, 1.165) is 83.5 Å². The molecule has 0 spiro atoms. The number of esters is 3. The Kier molecular flexibility index (Phi) is 62.6. The Morgan fingerprint density at radius 3 is 0.816 bits per heavy atom. The van der Waals surface area contributed by atoms with Crippen LogP contribution in [0.15, 0.2) is 48.6 Å². The summed E-state index contributed by atoms with van der Waals surface area (Å²) < 4.78 is 17.0. The molecular weight excluding hydrogens is 937 g/mol. The van der Waals surface area contributed by atoms with Crippen LogP contribution in [-0.2, 0) is 28.6 Å². The third kappa shape index (κ3) is 62.2. The van der Waals surface area contributed by atoms with Gasteiger partial charge in [0.25, 0.3) is 0 Å². The maximum Gasteiger partial charge on any atom is 0.306 e. The predicted octanol–water partition coefficient (Wildman–Crippen LogP) is 22.9. The Hall–Kier alpha value is -2.63. The standard InChI is InChI=1S/C70H128O6/c1-4-7-10-13-16-19-22-25-28-30-31-32-33-34-35-36-37-38-39-41-42-45-48-51-54-57-60-63-69(72)75-66-67(65-74-68(71)62-59-56-53-50-47-44-27-24-21-18-15-12-9-6-3)76-70(73)64-61-58-55-52-49-46-43-40-29-26-23-20-17-14-11-8-5-2/h8,11,17,20,26,29-31,67H,4-7,9-10,12-16,18-19,21-25,27-28,32-66H2,1-3H3/b11-8-,20-17-,29-26-,31-30-. The van der Waals surface area contributed by atoms with Crippen LogP contribution in [0.25, 0.3) is 0 Å². The van der Waals surface area contributed by atoms with Gasteiger partial charge in [-0.05, 0) is 77.0 Å². The summed E-state index contributed by atoms with van der Waals surface area (Å²) >= 11 is 0. The van der Waals surface area contributed by atoms with Crippen LogP contribution in [0, 0.1) is 0 Å². The first kappa shape index (κ1) is 73.4. The predicted molar refractivity (Wildman–Crippen MR) is 330 cm³/mol. The average Bonchev–Trinajstić information content (AvgIpc) is 3.42. The first-order valence-corrected chi connectivity index (χ1v) is 33.6. The van der Waals surface area contributed by atoms with E-state index in [1.165, 1.54) is 238 Å². The number of carbonyl (C=O) groups excluding carboxylic acids is 3. The molecule has 0 aliphatic carbocycles. The highest BCUT2D eigenvalue weighted by Gasteiger charge is 2.19. The lowest BCUT2D eigenvalue weighted by Crippen LogP contribution is -2.30. The van der Waals surface area contributed by atoms with Crippen molar-refractivity contribution in [3.63, 3.8) is 0 Å². The Bertz CT molecular complexity index is 1310. The van der Waals surface area contributed by atoms with Crippen LogP contribution in [0.4, 0.5) is 0 Å². The molecule has 0 aromatic rings.